The summed E-state index contributed by atoms with van der Waals surface area (Å²) in [6.45, 7) is 9.74. The summed E-state index contributed by atoms with van der Waals surface area (Å²) in [7, 11) is 0. The van der Waals surface area contributed by atoms with E-state index in [-0.39, 0.29) is 5.56 Å². The smallest absolute Gasteiger partial charge is 0.255 e. The molecule has 0 radical (unpaired) electrons. The number of hydrogen-bond acceptors (Lipinski definition) is 7. The molecule has 4 heterocycles. The maximum atomic E-state index is 12.9. The van der Waals surface area contributed by atoms with E-state index >= 15 is 0 Å². The number of aliphatic imine (C=N–C) groups is 1. The first-order chi connectivity index (χ1) is 20.0. The van der Waals surface area contributed by atoms with Gasteiger partial charge in [0.1, 0.15) is 11.6 Å². The lowest BCUT2D eigenvalue weighted by Crippen LogP contribution is -2.37. The molecule has 4 aromatic rings. The van der Waals surface area contributed by atoms with Crippen LogP contribution in [0.15, 0.2) is 76.5 Å². The van der Waals surface area contributed by atoms with E-state index in [9.17, 15) is 10.1 Å². The monoisotopic (exact) mass is 549 g/mol. The third-order valence-electron chi connectivity index (χ3n) is 7.82. The van der Waals surface area contributed by atoms with E-state index in [1.807, 2.05) is 40.9 Å². The standard InChI is InChI=1S/C32H35N7O2/c1-22(2)19-37-11-8-23(9-12-37)21-41-27-17-34-31(35-18-27)26-5-3-4-25(14-26)20-39-30(40)10-13-38-29-15-24(16-33)6-7-28(29)36-32(38)39/h3-7,10,13-15,17,22-23H,8-9,11-12,18-21H2,1-2H3,(H,34,35). The molecule has 41 heavy (non-hydrogen) atoms. The highest BCUT2D eigenvalue weighted by Crippen LogP contribution is 2.21. The van der Waals surface area contributed by atoms with Crippen LogP contribution >= 0.6 is 0 Å². The Hall–Kier alpha value is -4.42. The van der Waals surface area contributed by atoms with Crippen LogP contribution in [0.4, 0.5) is 0 Å². The molecule has 210 valence electrons. The number of aromatic nitrogens is 3. The molecule has 0 aliphatic carbocycles. The molecule has 1 saturated heterocycles. The summed E-state index contributed by atoms with van der Waals surface area (Å²) in [5.41, 5.74) is 3.85. The number of benzene rings is 2. The first-order valence-electron chi connectivity index (χ1n) is 14.3. The van der Waals surface area contributed by atoms with E-state index in [2.05, 4.69) is 35.1 Å². The van der Waals surface area contributed by atoms with Crippen molar-refractivity contribution in [3.05, 3.63) is 93.7 Å². The Bertz CT molecular complexity index is 1730. The molecule has 2 aliphatic rings. The number of piperidine rings is 1. The maximum absolute atomic E-state index is 12.9. The fraction of sp³-hybridized carbons (Fsp3) is 0.375. The number of nitrogens with one attached hydrogen (secondary N) is 1. The first-order valence-corrected chi connectivity index (χ1v) is 14.3. The predicted molar refractivity (Wildman–Crippen MR) is 160 cm³/mol. The average molecular weight is 550 g/mol. The predicted octanol–water partition coefficient (Wildman–Crippen LogP) is 4.14. The fourth-order valence-electron chi connectivity index (χ4n) is 5.70. The van der Waals surface area contributed by atoms with Gasteiger partial charge >= 0.3 is 0 Å². The number of likely N-dealkylation sites (tertiary alicyclic amines) is 1. The molecule has 2 aliphatic heterocycles. The van der Waals surface area contributed by atoms with Crippen LogP contribution in [0.3, 0.4) is 0 Å². The Morgan fingerprint density at radius 1 is 1.15 bits per heavy atom. The minimum absolute atomic E-state index is 0.137. The summed E-state index contributed by atoms with van der Waals surface area (Å²) in [5.74, 6) is 3.48. The van der Waals surface area contributed by atoms with Gasteiger partial charge in [-0.15, -0.1) is 0 Å². The second-order valence-electron chi connectivity index (χ2n) is 11.4. The number of hydrogen-bond donors (Lipinski definition) is 1. The number of imidazole rings is 1. The van der Waals surface area contributed by atoms with Gasteiger partial charge in [-0.2, -0.15) is 5.26 Å². The highest BCUT2D eigenvalue weighted by atomic mass is 16.5. The molecule has 1 fully saturated rings. The van der Waals surface area contributed by atoms with Gasteiger partial charge in [0, 0.05) is 24.4 Å². The number of nitriles is 1. The number of nitrogens with zero attached hydrogens (tertiary/aromatic N) is 6. The molecule has 1 N–H and O–H groups in total. The lowest BCUT2D eigenvalue weighted by Gasteiger charge is -2.33. The van der Waals surface area contributed by atoms with Gasteiger partial charge in [-0.05, 0) is 67.6 Å². The van der Waals surface area contributed by atoms with Crippen LogP contribution in [0.5, 0.6) is 0 Å². The molecule has 0 amide bonds. The molecular weight excluding hydrogens is 514 g/mol. The quantitative estimate of drug-likeness (QED) is 0.355. The van der Waals surface area contributed by atoms with Crippen molar-refractivity contribution in [2.45, 2.75) is 33.2 Å². The van der Waals surface area contributed by atoms with Crippen molar-refractivity contribution in [3.8, 4) is 6.07 Å². The van der Waals surface area contributed by atoms with E-state index < -0.39 is 0 Å². The Labute approximate surface area is 239 Å². The van der Waals surface area contributed by atoms with Crippen LogP contribution in [0.25, 0.3) is 16.8 Å². The van der Waals surface area contributed by atoms with E-state index in [0.29, 0.717) is 36.3 Å². The van der Waals surface area contributed by atoms with Gasteiger partial charge in [0.15, 0.2) is 0 Å². The molecule has 0 unspecified atom stereocenters. The van der Waals surface area contributed by atoms with E-state index in [1.54, 1.807) is 22.9 Å². The summed E-state index contributed by atoms with van der Waals surface area (Å²) in [5, 5.41) is 12.7. The number of ether oxygens (including phenoxy) is 1. The van der Waals surface area contributed by atoms with Crippen LogP contribution < -0.4 is 10.9 Å². The molecule has 0 saturated carbocycles. The lowest BCUT2D eigenvalue weighted by molar-refractivity contribution is 0.0993. The van der Waals surface area contributed by atoms with Crippen LogP contribution in [0.1, 0.15) is 43.4 Å². The maximum Gasteiger partial charge on any atom is 0.255 e. The molecular formula is C32H35N7O2. The van der Waals surface area contributed by atoms with Crippen LogP contribution in [-0.4, -0.2) is 57.5 Å². The number of rotatable bonds is 8. The summed E-state index contributed by atoms with van der Waals surface area (Å²) in [6, 6.07) is 17.1. The van der Waals surface area contributed by atoms with E-state index in [0.717, 1.165) is 53.5 Å². The average Bonchev–Trinajstić information content (AvgIpc) is 3.36. The second kappa shape index (κ2) is 11.6. The minimum Gasteiger partial charge on any atom is -0.494 e. The van der Waals surface area contributed by atoms with Gasteiger partial charge in [-0.25, -0.2) is 9.98 Å². The van der Waals surface area contributed by atoms with Crippen LogP contribution in [-0.2, 0) is 11.3 Å². The molecule has 0 bridgehead atoms. The van der Waals surface area contributed by atoms with Crippen molar-refractivity contribution < 1.29 is 4.74 Å². The topological polar surface area (TPSA) is 100.0 Å². The van der Waals surface area contributed by atoms with Crippen molar-refractivity contribution in [2.75, 3.05) is 32.8 Å². The van der Waals surface area contributed by atoms with Crippen LogP contribution in [0, 0.1) is 23.2 Å². The summed E-state index contributed by atoms with van der Waals surface area (Å²) >= 11 is 0. The molecule has 6 rings (SSSR count). The first kappa shape index (κ1) is 26.8. The van der Waals surface area contributed by atoms with Gasteiger partial charge in [0.2, 0.25) is 5.78 Å². The van der Waals surface area contributed by atoms with Crippen molar-refractivity contribution in [3.63, 3.8) is 0 Å². The zero-order valence-electron chi connectivity index (χ0n) is 23.6. The molecule has 9 heteroatoms. The fourth-order valence-corrected chi connectivity index (χ4v) is 5.70. The molecule has 2 aromatic carbocycles. The largest absolute Gasteiger partial charge is 0.494 e. The Kier molecular flexibility index (Phi) is 7.57. The van der Waals surface area contributed by atoms with Gasteiger partial charge in [-0.3, -0.25) is 13.8 Å². The Morgan fingerprint density at radius 2 is 2.00 bits per heavy atom. The van der Waals surface area contributed by atoms with Crippen LogP contribution in [0.2, 0.25) is 0 Å². The Morgan fingerprint density at radius 3 is 2.76 bits per heavy atom. The van der Waals surface area contributed by atoms with Crippen molar-refractivity contribution in [1.29, 1.82) is 5.26 Å². The minimum atomic E-state index is -0.137. The van der Waals surface area contributed by atoms with Crippen molar-refractivity contribution >= 4 is 22.6 Å². The van der Waals surface area contributed by atoms with Gasteiger partial charge in [0.05, 0.1) is 48.6 Å². The highest BCUT2D eigenvalue weighted by molar-refractivity contribution is 5.99. The third kappa shape index (κ3) is 5.88. The highest BCUT2D eigenvalue weighted by Gasteiger charge is 2.21. The van der Waals surface area contributed by atoms with Gasteiger partial charge < -0.3 is 15.0 Å². The molecule has 2 aromatic heterocycles. The lowest BCUT2D eigenvalue weighted by atomic mass is 9.97. The zero-order chi connectivity index (χ0) is 28.3. The zero-order valence-corrected chi connectivity index (χ0v) is 23.6. The Balaban J connectivity index is 1.14. The SMILES string of the molecule is CC(C)CN1CCC(COC2=CN=C(c3cccc(Cn4c(=O)ccn5c6cc(C#N)ccc6nc45)c3)NC2)CC1. The molecule has 9 nitrogen and oxygen atoms in total. The third-order valence-corrected chi connectivity index (χ3v) is 7.82. The summed E-state index contributed by atoms with van der Waals surface area (Å²) in [6.07, 6.45) is 5.90. The summed E-state index contributed by atoms with van der Waals surface area (Å²) < 4.78 is 9.64. The van der Waals surface area contributed by atoms with Gasteiger partial charge in [0.25, 0.3) is 5.56 Å². The second-order valence-corrected chi connectivity index (χ2v) is 11.4. The number of amidine groups is 1. The van der Waals surface area contributed by atoms with E-state index in [4.69, 9.17) is 9.72 Å². The van der Waals surface area contributed by atoms with Crippen molar-refractivity contribution in [1.82, 2.24) is 24.2 Å². The van der Waals surface area contributed by atoms with Crippen molar-refractivity contribution in [2.24, 2.45) is 16.8 Å². The number of fused-ring (bicyclic) bond motifs is 3. The van der Waals surface area contributed by atoms with E-state index in [1.165, 1.54) is 25.5 Å². The normalized spacial score (nSPS) is 16.4. The molecule has 0 atom stereocenters. The van der Waals surface area contributed by atoms with Gasteiger partial charge in [-0.1, -0.05) is 32.0 Å². The summed E-state index contributed by atoms with van der Waals surface area (Å²) in [4.78, 5) is 24.8. The molecule has 0 spiro atoms.